The lowest BCUT2D eigenvalue weighted by atomic mass is 10.0. The Balaban J connectivity index is 1.95. The molecule has 2 N–H and O–H groups in total. The zero-order chi connectivity index (χ0) is 21.3. The first-order chi connectivity index (χ1) is 14.3. The number of nitrogens with two attached hydrogens (primary N) is 1. The van der Waals surface area contributed by atoms with Crippen molar-refractivity contribution in [2.45, 2.75) is 18.2 Å². The Kier molecular flexibility index (Phi) is 5.47. The molecule has 1 aromatic heterocycles. The Hall–Kier alpha value is -2.93. The summed E-state index contributed by atoms with van der Waals surface area (Å²) in [6, 6.07) is 21.8. The molecule has 30 heavy (non-hydrogen) atoms. The molecule has 0 saturated carbocycles. The van der Waals surface area contributed by atoms with E-state index in [-0.39, 0.29) is 4.90 Å². The monoisotopic (exact) mass is 438 g/mol. The van der Waals surface area contributed by atoms with Gasteiger partial charge in [-0.1, -0.05) is 72.3 Å². The molecule has 0 aliphatic rings. The van der Waals surface area contributed by atoms with Crippen LogP contribution >= 0.6 is 11.6 Å². The first kappa shape index (κ1) is 20.3. The summed E-state index contributed by atoms with van der Waals surface area (Å²) in [6.45, 7) is 1.88. The smallest absolute Gasteiger partial charge is 0.238 e. The van der Waals surface area contributed by atoms with Crippen LogP contribution in [0.3, 0.4) is 0 Å². The topological polar surface area (TPSA) is 86.2 Å². The second kappa shape index (κ2) is 8.07. The maximum absolute atomic E-state index is 12.2. The van der Waals surface area contributed by atoms with Gasteiger partial charge < -0.3 is 4.42 Å². The lowest BCUT2D eigenvalue weighted by Crippen LogP contribution is -2.13. The van der Waals surface area contributed by atoms with Gasteiger partial charge in [0.1, 0.15) is 5.69 Å². The highest BCUT2D eigenvalue weighted by atomic mass is 35.5. The van der Waals surface area contributed by atoms with Crippen molar-refractivity contribution in [1.82, 2.24) is 4.98 Å². The van der Waals surface area contributed by atoms with Gasteiger partial charge in [-0.2, -0.15) is 0 Å². The standard InChI is InChI=1S/C23H19ClN2O3S/c1-15-17(11-7-12-19(15)24)23-22(18-10-5-6-13-20(18)30(25,27)28)26-21(29-23)14-16-8-3-2-4-9-16/h2-13H,14H2,1H3,(H2,25,27,28). The van der Waals surface area contributed by atoms with E-state index in [0.29, 0.717) is 34.4 Å². The van der Waals surface area contributed by atoms with Crippen LogP contribution in [0, 0.1) is 6.92 Å². The molecule has 0 aliphatic carbocycles. The lowest BCUT2D eigenvalue weighted by molar-refractivity contribution is 0.519. The second-order valence-electron chi connectivity index (χ2n) is 6.90. The Morgan fingerprint density at radius 2 is 1.60 bits per heavy atom. The summed E-state index contributed by atoms with van der Waals surface area (Å²) in [5, 5.41) is 6.04. The largest absolute Gasteiger partial charge is 0.440 e. The summed E-state index contributed by atoms with van der Waals surface area (Å²) >= 11 is 6.32. The van der Waals surface area contributed by atoms with Crippen LogP contribution in [0.5, 0.6) is 0 Å². The molecular weight excluding hydrogens is 420 g/mol. The summed E-state index contributed by atoms with van der Waals surface area (Å²) < 4.78 is 30.5. The van der Waals surface area contributed by atoms with Crippen LogP contribution < -0.4 is 5.14 Å². The van der Waals surface area contributed by atoms with Gasteiger partial charge >= 0.3 is 0 Å². The van der Waals surface area contributed by atoms with Crippen LogP contribution in [0.2, 0.25) is 5.02 Å². The van der Waals surface area contributed by atoms with E-state index in [1.807, 2.05) is 49.4 Å². The van der Waals surface area contributed by atoms with Crippen LogP contribution in [-0.2, 0) is 16.4 Å². The van der Waals surface area contributed by atoms with Crippen LogP contribution in [0.25, 0.3) is 22.6 Å². The summed E-state index contributed by atoms with van der Waals surface area (Å²) in [5.74, 6) is 0.923. The number of rotatable bonds is 5. The van der Waals surface area contributed by atoms with Crippen molar-refractivity contribution in [2.75, 3.05) is 0 Å². The fraction of sp³-hybridized carbons (Fsp3) is 0.0870. The highest BCUT2D eigenvalue weighted by Gasteiger charge is 2.24. The summed E-state index contributed by atoms with van der Waals surface area (Å²) in [7, 11) is -3.96. The van der Waals surface area contributed by atoms with E-state index in [1.54, 1.807) is 24.3 Å². The molecule has 0 unspecified atom stereocenters. The SMILES string of the molecule is Cc1c(Cl)cccc1-c1oc(Cc2ccccc2)nc1-c1ccccc1S(N)(=O)=O. The van der Waals surface area contributed by atoms with Crippen molar-refractivity contribution in [3.05, 3.63) is 94.8 Å². The van der Waals surface area contributed by atoms with Crippen molar-refractivity contribution < 1.29 is 12.8 Å². The maximum Gasteiger partial charge on any atom is 0.238 e. The van der Waals surface area contributed by atoms with E-state index < -0.39 is 10.0 Å². The van der Waals surface area contributed by atoms with E-state index in [4.69, 9.17) is 21.2 Å². The van der Waals surface area contributed by atoms with Gasteiger partial charge in [-0.25, -0.2) is 18.5 Å². The number of aromatic nitrogens is 1. The predicted octanol–water partition coefficient (Wildman–Crippen LogP) is 5.21. The lowest BCUT2D eigenvalue weighted by Gasteiger charge is -2.09. The van der Waals surface area contributed by atoms with E-state index in [0.717, 1.165) is 16.7 Å². The third-order valence-corrected chi connectivity index (χ3v) is 6.21. The molecule has 4 rings (SSSR count). The molecule has 5 nitrogen and oxygen atoms in total. The molecule has 0 spiro atoms. The minimum atomic E-state index is -3.96. The highest BCUT2D eigenvalue weighted by molar-refractivity contribution is 7.89. The molecule has 0 amide bonds. The van der Waals surface area contributed by atoms with Gasteiger partial charge in [0.05, 0.1) is 4.90 Å². The van der Waals surface area contributed by atoms with Gasteiger partial charge in [0.15, 0.2) is 11.7 Å². The fourth-order valence-corrected chi connectivity index (χ4v) is 4.25. The zero-order valence-corrected chi connectivity index (χ0v) is 17.7. The number of halogens is 1. The number of nitrogens with zero attached hydrogens (tertiary/aromatic N) is 1. The average Bonchev–Trinajstić information content (AvgIpc) is 3.13. The van der Waals surface area contributed by atoms with Crippen molar-refractivity contribution in [1.29, 1.82) is 0 Å². The van der Waals surface area contributed by atoms with Crippen LogP contribution in [-0.4, -0.2) is 13.4 Å². The van der Waals surface area contributed by atoms with Crippen molar-refractivity contribution >= 4 is 21.6 Å². The molecule has 152 valence electrons. The molecule has 4 aromatic rings. The number of primary sulfonamides is 1. The number of sulfonamides is 1. The summed E-state index contributed by atoms with van der Waals surface area (Å²) in [5.41, 5.74) is 3.39. The van der Waals surface area contributed by atoms with E-state index >= 15 is 0 Å². The van der Waals surface area contributed by atoms with Gasteiger partial charge in [-0.15, -0.1) is 0 Å². The van der Waals surface area contributed by atoms with Gasteiger partial charge in [0.25, 0.3) is 0 Å². The fourth-order valence-electron chi connectivity index (χ4n) is 3.34. The van der Waals surface area contributed by atoms with Gasteiger partial charge in [0, 0.05) is 22.6 Å². The second-order valence-corrected chi connectivity index (χ2v) is 8.84. The van der Waals surface area contributed by atoms with Crippen LogP contribution in [0.1, 0.15) is 17.0 Å². The van der Waals surface area contributed by atoms with E-state index in [9.17, 15) is 8.42 Å². The van der Waals surface area contributed by atoms with E-state index in [2.05, 4.69) is 4.98 Å². The number of hydrogen-bond donors (Lipinski definition) is 1. The van der Waals surface area contributed by atoms with Crippen molar-refractivity contribution in [2.24, 2.45) is 5.14 Å². The van der Waals surface area contributed by atoms with Crippen molar-refractivity contribution in [3.63, 3.8) is 0 Å². The molecule has 0 aliphatic heterocycles. The zero-order valence-electron chi connectivity index (χ0n) is 16.2. The third kappa shape index (κ3) is 4.03. The molecule has 1 heterocycles. The first-order valence-corrected chi connectivity index (χ1v) is 11.2. The Bertz CT molecular complexity index is 1320. The normalized spacial score (nSPS) is 11.6. The Morgan fingerprint density at radius 3 is 2.33 bits per heavy atom. The van der Waals surface area contributed by atoms with Crippen LogP contribution in [0.15, 0.2) is 82.1 Å². The minimum Gasteiger partial charge on any atom is -0.440 e. The Labute approximate surface area is 180 Å². The number of hydrogen-bond acceptors (Lipinski definition) is 4. The molecule has 0 bridgehead atoms. The minimum absolute atomic E-state index is 0.00880. The van der Waals surface area contributed by atoms with Gasteiger partial charge in [0.2, 0.25) is 10.0 Å². The van der Waals surface area contributed by atoms with E-state index in [1.165, 1.54) is 6.07 Å². The van der Waals surface area contributed by atoms with Crippen LogP contribution in [0.4, 0.5) is 0 Å². The molecule has 0 radical (unpaired) electrons. The number of benzene rings is 3. The molecule has 0 fully saturated rings. The summed E-state index contributed by atoms with van der Waals surface area (Å²) in [6.07, 6.45) is 0.463. The predicted molar refractivity (Wildman–Crippen MR) is 118 cm³/mol. The Morgan fingerprint density at radius 1 is 0.933 bits per heavy atom. The quantitative estimate of drug-likeness (QED) is 0.463. The van der Waals surface area contributed by atoms with Gasteiger partial charge in [-0.3, -0.25) is 0 Å². The summed E-state index contributed by atoms with van der Waals surface area (Å²) in [4.78, 5) is 4.66. The molecule has 0 saturated heterocycles. The molecule has 7 heteroatoms. The average molecular weight is 439 g/mol. The maximum atomic E-state index is 12.2. The van der Waals surface area contributed by atoms with Crippen molar-refractivity contribution in [3.8, 4) is 22.6 Å². The molecule has 3 aromatic carbocycles. The first-order valence-electron chi connectivity index (χ1n) is 9.26. The molecule has 0 atom stereocenters. The third-order valence-electron chi connectivity index (χ3n) is 4.83. The number of oxazole rings is 1. The highest BCUT2D eigenvalue weighted by Crippen LogP contribution is 2.38. The van der Waals surface area contributed by atoms with Gasteiger partial charge in [-0.05, 0) is 30.2 Å². The molecular formula is C23H19ClN2O3S.